The number of ether oxygens (including phenoxy) is 2. The van der Waals surface area contributed by atoms with Crippen molar-refractivity contribution in [1.29, 1.82) is 0 Å². The Bertz CT molecular complexity index is 3120. The lowest BCUT2D eigenvalue weighted by Crippen LogP contribution is -2.20. The summed E-state index contributed by atoms with van der Waals surface area (Å²) in [5.74, 6) is 3.14. The van der Waals surface area contributed by atoms with Gasteiger partial charge >= 0.3 is 0 Å². The average molecular weight is 785 g/mol. The van der Waals surface area contributed by atoms with Gasteiger partial charge in [0.25, 0.3) is 0 Å². The van der Waals surface area contributed by atoms with Gasteiger partial charge in [-0.1, -0.05) is 141 Å². The first-order chi connectivity index (χ1) is 30.0. The van der Waals surface area contributed by atoms with Crippen LogP contribution < -0.4 is 19.3 Å². The third kappa shape index (κ3) is 5.67. The van der Waals surface area contributed by atoms with Crippen molar-refractivity contribution in [3.05, 3.63) is 217 Å². The van der Waals surface area contributed by atoms with Crippen LogP contribution in [0.15, 0.2) is 206 Å². The number of anilines is 6. The fourth-order valence-electron chi connectivity index (χ4n) is 9.60. The summed E-state index contributed by atoms with van der Waals surface area (Å²) in [4.78, 5) is 4.65. The van der Waals surface area contributed by atoms with Gasteiger partial charge in [-0.25, -0.2) is 0 Å². The Morgan fingerprint density at radius 1 is 0.361 bits per heavy atom. The topological polar surface area (TPSA) is 24.9 Å². The molecule has 1 aliphatic carbocycles. The van der Waals surface area contributed by atoms with Gasteiger partial charge in [-0.05, 0) is 134 Å². The molecule has 3 aliphatic rings. The minimum absolute atomic E-state index is 0.140. The van der Waals surface area contributed by atoms with Crippen molar-refractivity contribution in [2.45, 2.75) is 19.3 Å². The summed E-state index contributed by atoms with van der Waals surface area (Å²) >= 11 is 0. The van der Waals surface area contributed by atoms with Crippen molar-refractivity contribution in [2.75, 3.05) is 9.80 Å². The molecule has 0 radical (unpaired) electrons. The predicted molar refractivity (Wildman–Crippen MR) is 250 cm³/mol. The average Bonchev–Trinajstić information content (AvgIpc) is 3.54. The Morgan fingerprint density at radius 2 is 0.885 bits per heavy atom. The van der Waals surface area contributed by atoms with Crippen LogP contribution in [0.2, 0.25) is 0 Å². The zero-order valence-electron chi connectivity index (χ0n) is 33.8. The molecular formula is C57H40N2O2. The molecule has 0 amide bonds. The SMILES string of the molecule is CC1(C)c2ccccc2-c2ccc(N(c3ccc(-c4cccc(-c5ccccc5)c4)cc3)c3cccc(-c4cc5c6c(c4)Oc4ccccc4N6c4ccccc4O5)c3)cc21. The molecule has 4 nitrogen and oxygen atoms in total. The van der Waals surface area contributed by atoms with Gasteiger partial charge in [-0.15, -0.1) is 0 Å². The quantitative estimate of drug-likeness (QED) is 0.168. The number of nitrogens with zero attached hydrogens (tertiary/aromatic N) is 2. The molecule has 0 bridgehead atoms. The molecule has 0 unspecified atom stereocenters. The lowest BCUT2D eigenvalue weighted by Gasteiger charge is -2.38. The fraction of sp³-hybridized carbons (Fsp3) is 0.0526. The number of para-hydroxylation sites is 4. The first kappa shape index (κ1) is 35.2. The highest BCUT2D eigenvalue weighted by Gasteiger charge is 2.37. The van der Waals surface area contributed by atoms with Crippen molar-refractivity contribution < 1.29 is 9.47 Å². The van der Waals surface area contributed by atoms with Gasteiger partial charge in [0.1, 0.15) is 5.69 Å². The molecular weight excluding hydrogens is 745 g/mol. The number of fused-ring (bicyclic) bond motifs is 7. The van der Waals surface area contributed by atoms with Crippen molar-refractivity contribution >= 4 is 34.1 Å². The van der Waals surface area contributed by atoms with Gasteiger partial charge < -0.3 is 14.4 Å². The van der Waals surface area contributed by atoms with Crippen LogP contribution in [0.3, 0.4) is 0 Å². The van der Waals surface area contributed by atoms with Crippen LogP contribution in [0.5, 0.6) is 23.0 Å². The molecule has 0 aromatic heterocycles. The second-order valence-corrected chi connectivity index (χ2v) is 16.6. The molecule has 290 valence electrons. The Kier molecular flexibility index (Phi) is 7.85. The number of rotatable bonds is 6. The summed E-state index contributed by atoms with van der Waals surface area (Å²) in [6, 6.07) is 73.7. The molecule has 0 spiro atoms. The molecule has 2 heterocycles. The molecule has 9 aromatic carbocycles. The Hall–Kier alpha value is -7.82. The molecule has 0 fully saturated rings. The Labute approximate surface area is 356 Å². The first-order valence-electron chi connectivity index (χ1n) is 20.9. The monoisotopic (exact) mass is 784 g/mol. The maximum absolute atomic E-state index is 6.65. The van der Waals surface area contributed by atoms with Crippen LogP contribution in [0.25, 0.3) is 44.5 Å². The second-order valence-electron chi connectivity index (χ2n) is 16.6. The fourth-order valence-corrected chi connectivity index (χ4v) is 9.60. The zero-order chi connectivity index (χ0) is 40.7. The molecule has 2 aliphatic heterocycles. The summed E-state index contributed by atoms with van der Waals surface area (Å²) in [5, 5.41) is 0. The normalized spacial score (nSPS) is 13.4. The van der Waals surface area contributed by atoms with Crippen molar-refractivity contribution in [3.63, 3.8) is 0 Å². The van der Waals surface area contributed by atoms with Gasteiger partial charge in [-0.2, -0.15) is 0 Å². The minimum atomic E-state index is -0.140. The highest BCUT2D eigenvalue weighted by Crippen LogP contribution is 2.60. The van der Waals surface area contributed by atoms with Crippen LogP contribution in [0, 0.1) is 0 Å². The van der Waals surface area contributed by atoms with E-state index in [9.17, 15) is 0 Å². The summed E-state index contributed by atoms with van der Waals surface area (Å²) < 4.78 is 13.3. The first-order valence-corrected chi connectivity index (χ1v) is 20.9. The van der Waals surface area contributed by atoms with E-state index in [1.807, 2.05) is 36.4 Å². The van der Waals surface area contributed by atoms with Crippen LogP contribution in [0.4, 0.5) is 34.1 Å². The van der Waals surface area contributed by atoms with Crippen molar-refractivity contribution in [1.82, 2.24) is 0 Å². The van der Waals surface area contributed by atoms with Crippen LogP contribution in [0.1, 0.15) is 25.0 Å². The van der Waals surface area contributed by atoms with Gasteiger partial charge in [0.05, 0.1) is 11.4 Å². The van der Waals surface area contributed by atoms with Crippen LogP contribution in [-0.2, 0) is 5.41 Å². The van der Waals surface area contributed by atoms with E-state index < -0.39 is 0 Å². The molecule has 9 aromatic rings. The highest BCUT2D eigenvalue weighted by atomic mass is 16.5. The van der Waals surface area contributed by atoms with E-state index in [2.05, 4.69) is 194 Å². The molecule has 12 rings (SSSR count). The maximum atomic E-state index is 6.65. The summed E-state index contributed by atoms with van der Waals surface area (Å²) in [6.07, 6.45) is 0. The largest absolute Gasteiger partial charge is 0.453 e. The summed E-state index contributed by atoms with van der Waals surface area (Å²) in [7, 11) is 0. The van der Waals surface area contributed by atoms with Gasteiger partial charge in [-0.3, -0.25) is 4.90 Å². The molecule has 0 N–H and O–H groups in total. The van der Waals surface area contributed by atoms with E-state index >= 15 is 0 Å². The lowest BCUT2D eigenvalue weighted by atomic mass is 9.82. The summed E-state index contributed by atoms with van der Waals surface area (Å²) in [5.41, 5.74) is 18.1. The Morgan fingerprint density at radius 3 is 1.59 bits per heavy atom. The third-order valence-electron chi connectivity index (χ3n) is 12.6. The highest BCUT2D eigenvalue weighted by molar-refractivity contribution is 5.96. The van der Waals surface area contributed by atoms with E-state index in [0.29, 0.717) is 0 Å². The molecule has 0 saturated carbocycles. The van der Waals surface area contributed by atoms with E-state index in [-0.39, 0.29) is 5.41 Å². The van der Waals surface area contributed by atoms with Crippen LogP contribution in [-0.4, -0.2) is 0 Å². The van der Waals surface area contributed by atoms with E-state index in [0.717, 1.165) is 68.2 Å². The van der Waals surface area contributed by atoms with Crippen molar-refractivity contribution in [2.24, 2.45) is 0 Å². The minimum Gasteiger partial charge on any atom is -0.453 e. The molecule has 0 saturated heterocycles. The van der Waals surface area contributed by atoms with Crippen molar-refractivity contribution in [3.8, 4) is 67.5 Å². The molecule has 61 heavy (non-hydrogen) atoms. The van der Waals surface area contributed by atoms with E-state index in [1.54, 1.807) is 0 Å². The number of benzene rings is 9. The predicted octanol–water partition coefficient (Wildman–Crippen LogP) is 16.1. The van der Waals surface area contributed by atoms with E-state index in [4.69, 9.17) is 9.47 Å². The van der Waals surface area contributed by atoms with Gasteiger partial charge in [0.2, 0.25) is 0 Å². The standard InChI is InChI=1S/C57H40N2O2/c1-57(2)48-21-7-6-20-46(48)47-31-30-45(36-49(47)57)58(43-28-26-38(27-29-43)40-17-12-16-39(32-40)37-14-4-3-5-15-37)44-19-13-18-41(33-44)42-34-54-56-55(35-42)61-53-25-11-9-23-51(53)59(56)50-22-8-10-24-52(50)60-54/h3-36H,1-2H3. The number of hydrogen-bond acceptors (Lipinski definition) is 4. The third-order valence-corrected chi connectivity index (χ3v) is 12.6. The summed E-state index contributed by atoms with van der Waals surface area (Å²) in [6.45, 7) is 4.69. The maximum Gasteiger partial charge on any atom is 0.156 e. The Balaban J connectivity index is 0.977. The lowest BCUT2D eigenvalue weighted by molar-refractivity contribution is 0.446. The molecule has 0 atom stereocenters. The van der Waals surface area contributed by atoms with Crippen LogP contribution >= 0.6 is 0 Å². The molecule has 4 heteroatoms. The van der Waals surface area contributed by atoms with Gasteiger partial charge in [0, 0.05) is 22.5 Å². The second kappa shape index (κ2) is 13.6. The smallest absolute Gasteiger partial charge is 0.156 e. The number of hydrogen-bond donors (Lipinski definition) is 0. The van der Waals surface area contributed by atoms with E-state index in [1.165, 1.54) is 44.5 Å². The zero-order valence-corrected chi connectivity index (χ0v) is 33.8. The van der Waals surface area contributed by atoms with Gasteiger partial charge in [0.15, 0.2) is 23.0 Å².